The molecule has 134 valence electrons. The van der Waals surface area contributed by atoms with Crippen LogP contribution in [0, 0.1) is 0 Å². The first kappa shape index (κ1) is 20.1. The van der Waals surface area contributed by atoms with Gasteiger partial charge in [-0.05, 0) is 0 Å². The largest absolute Gasteiger partial charge is 1.00 e. The van der Waals surface area contributed by atoms with Crippen LogP contribution in [0.15, 0.2) is 59.7 Å². The van der Waals surface area contributed by atoms with Gasteiger partial charge >= 0.3 is 150 Å². The third-order valence-corrected chi connectivity index (χ3v) is 29.7. The fraction of sp³-hybridized carbons (Fsp3) is 0.304. The minimum absolute atomic E-state index is 0. The molecule has 0 N–H and O–H groups in total. The van der Waals surface area contributed by atoms with Crippen molar-refractivity contribution in [2.24, 2.45) is 0 Å². The van der Waals surface area contributed by atoms with E-state index >= 15 is 0 Å². The summed E-state index contributed by atoms with van der Waals surface area (Å²) in [4.78, 5) is 0. The van der Waals surface area contributed by atoms with Crippen molar-refractivity contribution in [1.82, 2.24) is 0 Å². The molecule has 1 aliphatic heterocycles. The van der Waals surface area contributed by atoms with Crippen LogP contribution in [0.1, 0.15) is 49.9 Å². The fourth-order valence-electron chi connectivity index (χ4n) is 5.81. The van der Waals surface area contributed by atoms with Crippen LogP contribution in [0.2, 0.25) is 8.35 Å². The Morgan fingerprint density at radius 2 is 1.12 bits per heavy atom. The summed E-state index contributed by atoms with van der Waals surface area (Å²) in [7, 11) is 0. The number of allylic oxidation sites excluding steroid dienone is 2. The topological polar surface area (TPSA) is 0 Å². The first-order valence-corrected chi connectivity index (χ1v) is 18.5. The molecular weight excluding hydrogens is 526 g/mol. The van der Waals surface area contributed by atoms with Crippen molar-refractivity contribution in [3.63, 3.8) is 0 Å². The summed E-state index contributed by atoms with van der Waals surface area (Å²) in [6.07, 6.45) is 6.44. The van der Waals surface area contributed by atoms with E-state index in [1.807, 2.05) is 0 Å². The molecular formula is C23H24Cl2Hf. The zero-order valence-electron chi connectivity index (χ0n) is 15.3. The Balaban J connectivity index is 0.000000980. The molecule has 0 radical (unpaired) electrons. The maximum absolute atomic E-state index is 2.53. The number of hydrogen-bond donors (Lipinski definition) is 0. The summed E-state index contributed by atoms with van der Waals surface area (Å²) >= 11 is -2.53. The van der Waals surface area contributed by atoms with Gasteiger partial charge in [0, 0.05) is 0 Å². The van der Waals surface area contributed by atoms with Gasteiger partial charge in [-0.1, -0.05) is 0 Å². The number of fused-ring (bicyclic) bond motifs is 2. The van der Waals surface area contributed by atoms with Gasteiger partial charge in [0.15, 0.2) is 0 Å². The Hall–Kier alpha value is -0.630. The van der Waals surface area contributed by atoms with Crippen LogP contribution in [0.25, 0.3) is 12.2 Å². The van der Waals surface area contributed by atoms with Gasteiger partial charge in [-0.2, -0.15) is 0 Å². The molecule has 2 unspecified atom stereocenters. The first-order valence-electron chi connectivity index (χ1n) is 9.25. The monoisotopic (exact) mass is 550 g/mol. The quantitative estimate of drug-likeness (QED) is 0.484. The third-order valence-electron chi connectivity index (χ3n) is 6.73. The standard InChI is InChI=1S/2C10H9.C3H6.2ClH.Hf/c2*1-8-6-9-4-2-3-5-10(9)7-8;1-3-2;;;/h2*2-7H,1H3;1-3H2;2*1H;/q;;;;;+2/p-2. The van der Waals surface area contributed by atoms with Crippen LogP contribution < -0.4 is 24.8 Å². The maximum Gasteiger partial charge on any atom is -1.00 e. The SMILES string of the molecule is CC1=Cc2ccccc2[CH]1[Hf+2]1([CH]2C(C)=Cc3ccccc32)[CH2]C[CH2]1.[Cl-].[Cl-]. The average molecular weight is 550 g/mol. The van der Waals surface area contributed by atoms with Crippen molar-refractivity contribution < 1.29 is 44.8 Å². The summed E-state index contributed by atoms with van der Waals surface area (Å²) in [6.45, 7) is 4.81. The number of halogens is 2. The molecule has 0 saturated carbocycles. The van der Waals surface area contributed by atoms with E-state index in [1.54, 1.807) is 30.6 Å². The van der Waals surface area contributed by atoms with Crippen molar-refractivity contribution in [3.8, 4) is 0 Å². The zero-order chi connectivity index (χ0) is 16.3. The van der Waals surface area contributed by atoms with Crippen LogP contribution in [0.3, 0.4) is 0 Å². The van der Waals surface area contributed by atoms with Crippen molar-refractivity contribution in [2.75, 3.05) is 0 Å². The minimum atomic E-state index is -2.53. The molecule has 2 aliphatic carbocycles. The van der Waals surface area contributed by atoms with Gasteiger partial charge in [0.2, 0.25) is 0 Å². The van der Waals surface area contributed by atoms with Crippen molar-refractivity contribution in [1.29, 1.82) is 0 Å². The molecule has 1 heterocycles. The smallest absolute Gasteiger partial charge is 1.00 e. The molecule has 3 heteroatoms. The predicted octanol–water partition coefficient (Wildman–Crippen LogP) is 0.705. The molecule has 3 aliphatic rings. The van der Waals surface area contributed by atoms with E-state index in [-0.39, 0.29) is 24.8 Å². The molecule has 1 fully saturated rings. The van der Waals surface area contributed by atoms with Gasteiger partial charge in [0.1, 0.15) is 0 Å². The van der Waals surface area contributed by atoms with E-state index in [2.05, 4.69) is 74.5 Å². The van der Waals surface area contributed by atoms with Crippen molar-refractivity contribution in [2.45, 2.75) is 36.0 Å². The first-order chi connectivity index (χ1) is 11.7. The Bertz CT molecular complexity index is 823. The molecule has 26 heavy (non-hydrogen) atoms. The summed E-state index contributed by atoms with van der Waals surface area (Å²) in [5.41, 5.74) is 9.64. The second-order valence-corrected chi connectivity index (χ2v) is 24.6. The maximum atomic E-state index is 2.49. The van der Waals surface area contributed by atoms with E-state index in [1.165, 1.54) is 17.5 Å². The van der Waals surface area contributed by atoms with E-state index in [0.717, 1.165) is 7.35 Å². The molecule has 0 amide bonds. The summed E-state index contributed by atoms with van der Waals surface area (Å²) < 4.78 is 4.76. The van der Waals surface area contributed by atoms with Crippen LogP contribution in [0.4, 0.5) is 0 Å². The Kier molecular flexibility index (Phi) is 5.74. The Labute approximate surface area is 173 Å². The summed E-state index contributed by atoms with van der Waals surface area (Å²) in [5, 5.41) is 0. The third kappa shape index (κ3) is 2.74. The van der Waals surface area contributed by atoms with Gasteiger partial charge in [-0.25, -0.2) is 0 Å². The zero-order valence-corrected chi connectivity index (χ0v) is 20.4. The van der Waals surface area contributed by atoms with Gasteiger partial charge in [0.05, 0.1) is 0 Å². The average Bonchev–Trinajstić information content (AvgIpc) is 3.05. The Morgan fingerprint density at radius 1 is 0.692 bits per heavy atom. The molecule has 2 aromatic carbocycles. The second kappa shape index (κ2) is 7.41. The van der Waals surface area contributed by atoms with Gasteiger partial charge in [-0.15, -0.1) is 0 Å². The van der Waals surface area contributed by atoms with Gasteiger partial charge < -0.3 is 24.8 Å². The molecule has 0 nitrogen and oxygen atoms in total. The fourth-order valence-corrected chi connectivity index (χ4v) is 28.8. The molecule has 5 rings (SSSR count). The van der Waals surface area contributed by atoms with Crippen LogP contribution in [-0.4, -0.2) is 0 Å². The van der Waals surface area contributed by atoms with E-state index in [0.29, 0.717) is 0 Å². The van der Waals surface area contributed by atoms with E-state index in [4.69, 9.17) is 0 Å². The molecule has 0 spiro atoms. The van der Waals surface area contributed by atoms with E-state index < -0.39 is 20.0 Å². The predicted molar refractivity (Wildman–Crippen MR) is 99.9 cm³/mol. The summed E-state index contributed by atoms with van der Waals surface area (Å²) in [6, 6.07) is 18.4. The van der Waals surface area contributed by atoms with Gasteiger partial charge in [0.25, 0.3) is 0 Å². The van der Waals surface area contributed by atoms with Crippen LogP contribution >= 0.6 is 0 Å². The number of benzene rings is 2. The number of hydrogen-bond acceptors (Lipinski definition) is 0. The molecule has 2 aromatic rings. The van der Waals surface area contributed by atoms with Gasteiger partial charge in [-0.3, -0.25) is 0 Å². The summed E-state index contributed by atoms with van der Waals surface area (Å²) in [5.74, 6) is 0. The van der Waals surface area contributed by atoms with Crippen LogP contribution in [-0.2, 0) is 20.0 Å². The van der Waals surface area contributed by atoms with E-state index in [9.17, 15) is 0 Å². The minimum Gasteiger partial charge on any atom is -1.00 e. The van der Waals surface area contributed by atoms with Crippen molar-refractivity contribution >= 4 is 12.2 Å². The number of rotatable bonds is 2. The molecule has 1 saturated heterocycles. The Morgan fingerprint density at radius 3 is 1.50 bits per heavy atom. The molecule has 0 bridgehead atoms. The second-order valence-electron chi connectivity index (χ2n) is 7.99. The van der Waals surface area contributed by atoms with Crippen LogP contribution in [0.5, 0.6) is 0 Å². The molecule has 0 aromatic heterocycles. The van der Waals surface area contributed by atoms with Crippen molar-refractivity contribution in [3.05, 3.63) is 81.9 Å². The molecule has 2 atom stereocenters. The normalized spacial score (nSPS) is 23.0.